The Balaban J connectivity index is 1.53. The first-order valence-electron chi connectivity index (χ1n) is 6.85. The maximum Gasteiger partial charge on any atom is 0.0897 e. The number of anilines is 1. The van der Waals surface area contributed by atoms with Crippen molar-refractivity contribution in [2.24, 2.45) is 0 Å². The summed E-state index contributed by atoms with van der Waals surface area (Å²) < 4.78 is 1.13. The van der Waals surface area contributed by atoms with Crippen molar-refractivity contribution in [1.29, 1.82) is 0 Å². The van der Waals surface area contributed by atoms with Crippen molar-refractivity contribution in [2.75, 3.05) is 18.0 Å². The minimum Gasteiger partial charge on any atom is -0.370 e. The molecule has 1 fully saturated rings. The van der Waals surface area contributed by atoms with Crippen LogP contribution in [0.2, 0.25) is 0 Å². The predicted octanol–water partition coefficient (Wildman–Crippen LogP) is 3.58. The molecule has 20 heavy (non-hydrogen) atoms. The standard InChI is InChI=1S/C15H18BrN3S/c1-11-18-14(10-20-11)8-17-13-6-7-19(9-13)15-4-2-12(16)3-5-15/h2-5,10,13,17H,6-9H2,1H3. The maximum absolute atomic E-state index is 4.50. The number of rotatable bonds is 4. The fourth-order valence-electron chi connectivity index (χ4n) is 2.55. The van der Waals surface area contributed by atoms with Crippen LogP contribution in [-0.2, 0) is 6.54 Å². The Kier molecular flexibility index (Phi) is 4.38. The van der Waals surface area contributed by atoms with Gasteiger partial charge in [-0.2, -0.15) is 0 Å². The van der Waals surface area contributed by atoms with Gasteiger partial charge in [-0.05, 0) is 37.6 Å². The van der Waals surface area contributed by atoms with Gasteiger partial charge >= 0.3 is 0 Å². The normalized spacial score (nSPS) is 18.7. The van der Waals surface area contributed by atoms with Crippen molar-refractivity contribution in [3.63, 3.8) is 0 Å². The zero-order valence-corrected chi connectivity index (χ0v) is 13.9. The van der Waals surface area contributed by atoms with E-state index < -0.39 is 0 Å². The van der Waals surface area contributed by atoms with Crippen LogP contribution < -0.4 is 10.2 Å². The van der Waals surface area contributed by atoms with Crippen LogP contribution >= 0.6 is 27.3 Å². The third-order valence-electron chi connectivity index (χ3n) is 3.62. The van der Waals surface area contributed by atoms with Gasteiger partial charge in [0.2, 0.25) is 0 Å². The molecule has 0 saturated carbocycles. The molecule has 2 aromatic rings. The van der Waals surface area contributed by atoms with Crippen LogP contribution in [0, 0.1) is 6.92 Å². The number of hydrogen-bond acceptors (Lipinski definition) is 4. The van der Waals surface area contributed by atoms with Gasteiger partial charge in [0.15, 0.2) is 0 Å². The molecule has 1 unspecified atom stereocenters. The highest BCUT2D eigenvalue weighted by atomic mass is 79.9. The van der Waals surface area contributed by atoms with E-state index in [2.05, 4.69) is 67.7 Å². The smallest absolute Gasteiger partial charge is 0.0897 e. The van der Waals surface area contributed by atoms with Gasteiger partial charge in [-0.25, -0.2) is 4.98 Å². The lowest BCUT2D eigenvalue weighted by atomic mass is 10.2. The monoisotopic (exact) mass is 351 g/mol. The van der Waals surface area contributed by atoms with E-state index in [-0.39, 0.29) is 0 Å². The van der Waals surface area contributed by atoms with Crippen LogP contribution in [0.4, 0.5) is 5.69 Å². The van der Waals surface area contributed by atoms with Crippen molar-refractivity contribution in [2.45, 2.75) is 25.9 Å². The highest BCUT2D eigenvalue weighted by Crippen LogP contribution is 2.22. The number of thiazole rings is 1. The van der Waals surface area contributed by atoms with Gasteiger partial charge in [-0.3, -0.25) is 0 Å². The molecule has 0 aliphatic carbocycles. The fraction of sp³-hybridized carbons (Fsp3) is 0.400. The van der Waals surface area contributed by atoms with Crippen molar-refractivity contribution >= 4 is 33.0 Å². The molecule has 0 spiro atoms. The van der Waals surface area contributed by atoms with Crippen LogP contribution in [0.1, 0.15) is 17.1 Å². The second kappa shape index (κ2) is 6.24. The van der Waals surface area contributed by atoms with Crippen LogP contribution in [0.15, 0.2) is 34.1 Å². The molecule has 3 nitrogen and oxygen atoms in total. The largest absolute Gasteiger partial charge is 0.370 e. The zero-order valence-electron chi connectivity index (χ0n) is 11.5. The summed E-state index contributed by atoms with van der Waals surface area (Å²) in [5.74, 6) is 0. The molecular formula is C15H18BrN3S. The number of aromatic nitrogens is 1. The van der Waals surface area contributed by atoms with E-state index in [9.17, 15) is 0 Å². The third-order valence-corrected chi connectivity index (χ3v) is 4.97. The minimum absolute atomic E-state index is 0.556. The van der Waals surface area contributed by atoms with Gasteiger partial charge in [-0.15, -0.1) is 11.3 Å². The molecule has 1 saturated heterocycles. The molecular weight excluding hydrogens is 334 g/mol. The Hall–Kier alpha value is -0.910. The van der Waals surface area contributed by atoms with Crippen molar-refractivity contribution in [3.05, 3.63) is 44.8 Å². The summed E-state index contributed by atoms with van der Waals surface area (Å²) in [4.78, 5) is 6.94. The number of hydrogen-bond donors (Lipinski definition) is 1. The lowest BCUT2D eigenvalue weighted by Gasteiger charge is -2.19. The van der Waals surface area contributed by atoms with Gasteiger partial charge in [0.1, 0.15) is 0 Å². The van der Waals surface area contributed by atoms with E-state index in [1.165, 1.54) is 12.1 Å². The molecule has 1 atom stereocenters. The molecule has 5 heteroatoms. The van der Waals surface area contributed by atoms with E-state index in [1.807, 2.05) is 0 Å². The molecule has 2 heterocycles. The number of aryl methyl sites for hydroxylation is 1. The summed E-state index contributed by atoms with van der Waals surface area (Å²) in [6.07, 6.45) is 1.19. The zero-order chi connectivity index (χ0) is 13.9. The first-order valence-corrected chi connectivity index (χ1v) is 8.53. The highest BCUT2D eigenvalue weighted by molar-refractivity contribution is 9.10. The minimum atomic E-state index is 0.556. The van der Waals surface area contributed by atoms with E-state index in [0.717, 1.165) is 34.8 Å². The first kappa shape index (κ1) is 14.0. The molecule has 1 aromatic carbocycles. The van der Waals surface area contributed by atoms with Crippen molar-refractivity contribution in [1.82, 2.24) is 10.3 Å². The summed E-state index contributed by atoms with van der Waals surface area (Å²) in [5, 5.41) is 6.90. The second-order valence-electron chi connectivity index (χ2n) is 5.15. The van der Waals surface area contributed by atoms with Crippen molar-refractivity contribution < 1.29 is 0 Å². The molecule has 0 bridgehead atoms. The molecule has 1 aliphatic heterocycles. The summed E-state index contributed by atoms with van der Waals surface area (Å²) >= 11 is 5.20. The third kappa shape index (κ3) is 3.40. The topological polar surface area (TPSA) is 28.2 Å². The Bertz CT molecular complexity index is 567. The van der Waals surface area contributed by atoms with E-state index in [1.54, 1.807) is 11.3 Å². The Morgan fingerprint density at radius 2 is 2.20 bits per heavy atom. The summed E-state index contributed by atoms with van der Waals surface area (Å²) in [6, 6.07) is 9.12. The van der Waals surface area contributed by atoms with Gasteiger partial charge in [0.25, 0.3) is 0 Å². The van der Waals surface area contributed by atoms with E-state index >= 15 is 0 Å². The van der Waals surface area contributed by atoms with Crippen LogP contribution in [0.3, 0.4) is 0 Å². The van der Waals surface area contributed by atoms with Crippen LogP contribution in [0.5, 0.6) is 0 Å². The fourth-order valence-corrected chi connectivity index (χ4v) is 3.43. The summed E-state index contributed by atoms with van der Waals surface area (Å²) in [7, 11) is 0. The first-order chi connectivity index (χ1) is 9.70. The Morgan fingerprint density at radius 1 is 1.40 bits per heavy atom. The second-order valence-corrected chi connectivity index (χ2v) is 7.12. The lowest BCUT2D eigenvalue weighted by Crippen LogP contribution is -2.32. The molecule has 106 valence electrons. The number of benzene rings is 1. The van der Waals surface area contributed by atoms with Gasteiger partial charge in [0, 0.05) is 41.2 Å². The molecule has 3 rings (SSSR count). The van der Waals surface area contributed by atoms with E-state index in [0.29, 0.717) is 6.04 Å². The average molecular weight is 352 g/mol. The number of nitrogens with one attached hydrogen (secondary N) is 1. The average Bonchev–Trinajstić information content (AvgIpc) is 3.06. The summed E-state index contributed by atoms with van der Waals surface area (Å²) in [6.45, 7) is 5.13. The molecule has 0 radical (unpaired) electrons. The molecule has 0 amide bonds. The Morgan fingerprint density at radius 3 is 2.90 bits per heavy atom. The predicted molar refractivity (Wildman–Crippen MR) is 88.5 cm³/mol. The lowest BCUT2D eigenvalue weighted by molar-refractivity contribution is 0.546. The van der Waals surface area contributed by atoms with Crippen LogP contribution in [-0.4, -0.2) is 24.1 Å². The Labute approximate surface area is 132 Å². The van der Waals surface area contributed by atoms with Gasteiger partial charge in [0.05, 0.1) is 10.7 Å². The number of nitrogens with zero attached hydrogens (tertiary/aromatic N) is 2. The maximum atomic E-state index is 4.50. The van der Waals surface area contributed by atoms with Gasteiger partial charge in [-0.1, -0.05) is 15.9 Å². The molecule has 1 aromatic heterocycles. The van der Waals surface area contributed by atoms with Crippen LogP contribution in [0.25, 0.3) is 0 Å². The number of halogens is 1. The molecule has 1 aliphatic rings. The van der Waals surface area contributed by atoms with E-state index in [4.69, 9.17) is 0 Å². The quantitative estimate of drug-likeness (QED) is 0.912. The van der Waals surface area contributed by atoms with Crippen molar-refractivity contribution in [3.8, 4) is 0 Å². The highest BCUT2D eigenvalue weighted by Gasteiger charge is 2.22. The van der Waals surface area contributed by atoms with Gasteiger partial charge < -0.3 is 10.2 Å². The SMILES string of the molecule is Cc1nc(CNC2CCN(c3ccc(Br)cc3)C2)cs1. The molecule has 1 N–H and O–H groups in total. The summed E-state index contributed by atoms with van der Waals surface area (Å²) in [5.41, 5.74) is 2.47.